The van der Waals surface area contributed by atoms with E-state index in [1.54, 1.807) is 31.2 Å². The summed E-state index contributed by atoms with van der Waals surface area (Å²) in [6.07, 6.45) is 1.02. The van der Waals surface area contributed by atoms with Crippen molar-refractivity contribution in [2.45, 2.75) is 6.92 Å². The Hall–Kier alpha value is -2.93. The Morgan fingerprint density at radius 2 is 1.96 bits per heavy atom. The van der Waals surface area contributed by atoms with Crippen LogP contribution in [0.2, 0.25) is 5.02 Å². The molecule has 0 bridgehead atoms. The van der Waals surface area contributed by atoms with E-state index in [1.807, 2.05) is 5.43 Å². The maximum absolute atomic E-state index is 13.6. The Bertz CT molecular complexity index is 791. The first-order chi connectivity index (χ1) is 12.0. The molecule has 0 spiro atoms. The Balaban J connectivity index is 1.99. The second-order valence-corrected chi connectivity index (χ2v) is 5.12. The summed E-state index contributed by atoms with van der Waals surface area (Å²) in [5, 5.41) is 6.09. The van der Waals surface area contributed by atoms with Crippen molar-refractivity contribution < 1.29 is 18.7 Å². The smallest absolute Gasteiger partial charge is 0.329 e. The number of nitrogens with one attached hydrogen (secondary N) is 2. The fourth-order valence-corrected chi connectivity index (χ4v) is 2.08. The van der Waals surface area contributed by atoms with Crippen LogP contribution in [-0.4, -0.2) is 24.6 Å². The first-order valence-electron chi connectivity index (χ1n) is 7.33. The van der Waals surface area contributed by atoms with Crippen molar-refractivity contribution in [3.05, 3.63) is 58.9 Å². The van der Waals surface area contributed by atoms with Gasteiger partial charge >= 0.3 is 11.8 Å². The minimum absolute atomic E-state index is 0.00608. The van der Waals surface area contributed by atoms with Crippen molar-refractivity contribution in [3.63, 3.8) is 0 Å². The van der Waals surface area contributed by atoms with Gasteiger partial charge in [-0.25, -0.2) is 9.82 Å². The van der Waals surface area contributed by atoms with Crippen molar-refractivity contribution in [2.75, 3.05) is 11.9 Å². The van der Waals surface area contributed by atoms with Gasteiger partial charge in [0, 0.05) is 5.56 Å². The number of rotatable bonds is 5. The van der Waals surface area contributed by atoms with E-state index in [0.29, 0.717) is 18.0 Å². The fourth-order valence-electron chi connectivity index (χ4n) is 1.87. The Kier molecular flexibility index (Phi) is 6.47. The Labute approximate surface area is 148 Å². The SMILES string of the molecule is CCOc1ccccc1NC(=O)C(=O)N/N=C/c1c(F)cccc1Cl. The largest absolute Gasteiger partial charge is 0.492 e. The monoisotopic (exact) mass is 363 g/mol. The summed E-state index contributed by atoms with van der Waals surface area (Å²) in [7, 11) is 0. The molecular weight excluding hydrogens is 349 g/mol. The summed E-state index contributed by atoms with van der Waals surface area (Å²) >= 11 is 5.82. The van der Waals surface area contributed by atoms with E-state index in [2.05, 4.69) is 10.4 Å². The molecular formula is C17H15ClFN3O3. The summed E-state index contributed by atoms with van der Waals surface area (Å²) in [6, 6.07) is 10.8. The van der Waals surface area contributed by atoms with Crippen LogP contribution < -0.4 is 15.5 Å². The second kappa shape index (κ2) is 8.79. The van der Waals surface area contributed by atoms with E-state index in [-0.39, 0.29) is 10.6 Å². The number of para-hydroxylation sites is 2. The molecule has 0 unspecified atom stereocenters. The molecule has 2 amide bonds. The average Bonchev–Trinajstić information content (AvgIpc) is 2.59. The van der Waals surface area contributed by atoms with E-state index in [0.717, 1.165) is 6.21 Å². The van der Waals surface area contributed by atoms with Crippen molar-refractivity contribution in [1.82, 2.24) is 5.43 Å². The molecule has 0 atom stereocenters. The van der Waals surface area contributed by atoms with Crippen LogP contribution in [0.15, 0.2) is 47.6 Å². The topological polar surface area (TPSA) is 79.8 Å². The Morgan fingerprint density at radius 3 is 2.68 bits per heavy atom. The van der Waals surface area contributed by atoms with Crippen LogP contribution in [0.3, 0.4) is 0 Å². The number of nitrogens with zero attached hydrogens (tertiary/aromatic N) is 1. The maximum atomic E-state index is 13.6. The van der Waals surface area contributed by atoms with Crippen LogP contribution in [-0.2, 0) is 9.59 Å². The first kappa shape index (κ1) is 18.4. The minimum Gasteiger partial charge on any atom is -0.492 e. The maximum Gasteiger partial charge on any atom is 0.329 e. The van der Waals surface area contributed by atoms with Crippen molar-refractivity contribution in [2.24, 2.45) is 5.10 Å². The highest BCUT2D eigenvalue weighted by Crippen LogP contribution is 2.23. The molecule has 0 aliphatic heterocycles. The van der Waals surface area contributed by atoms with E-state index in [4.69, 9.17) is 16.3 Å². The van der Waals surface area contributed by atoms with Gasteiger partial charge in [-0.15, -0.1) is 0 Å². The molecule has 130 valence electrons. The third-order valence-electron chi connectivity index (χ3n) is 3.00. The molecule has 0 fully saturated rings. The van der Waals surface area contributed by atoms with Crippen molar-refractivity contribution >= 4 is 35.3 Å². The van der Waals surface area contributed by atoms with Crippen LogP contribution in [0.5, 0.6) is 5.75 Å². The zero-order valence-corrected chi connectivity index (χ0v) is 14.0. The van der Waals surface area contributed by atoms with E-state index in [1.165, 1.54) is 18.2 Å². The summed E-state index contributed by atoms with van der Waals surface area (Å²) < 4.78 is 18.9. The van der Waals surface area contributed by atoms with Gasteiger partial charge in [0.05, 0.1) is 23.5 Å². The number of hydrogen-bond donors (Lipinski definition) is 2. The highest BCUT2D eigenvalue weighted by molar-refractivity contribution is 6.39. The zero-order valence-electron chi connectivity index (χ0n) is 13.3. The summed E-state index contributed by atoms with van der Waals surface area (Å²) in [4.78, 5) is 23.7. The minimum atomic E-state index is -1.02. The van der Waals surface area contributed by atoms with E-state index < -0.39 is 17.6 Å². The number of benzene rings is 2. The number of carbonyl (C=O) groups is 2. The van der Waals surface area contributed by atoms with E-state index in [9.17, 15) is 14.0 Å². The van der Waals surface area contributed by atoms with Crippen LogP contribution in [0, 0.1) is 5.82 Å². The number of ether oxygens (including phenoxy) is 1. The lowest BCUT2D eigenvalue weighted by molar-refractivity contribution is -0.136. The molecule has 8 heteroatoms. The summed E-state index contributed by atoms with van der Waals surface area (Å²) in [5.41, 5.74) is 2.37. The summed E-state index contributed by atoms with van der Waals surface area (Å²) in [5.74, 6) is -2.12. The third-order valence-corrected chi connectivity index (χ3v) is 3.33. The highest BCUT2D eigenvalue weighted by Gasteiger charge is 2.15. The van der Waals surface area contributed by atoms with Gasteiger partial charge in [0.15, 0.2) is 0 Å². The fraction of sp³-hybridized carbons (Fsp3) is 0.118. The second-order valence-electron chi connectivity index (χ2n) is 4.72. The first-order valence-corrected chi connectivity index (χ1v) is 7.71. The van der Waals surface area contributed by atoms with Crippen LogP contribution in [0.25, 0.3) is 0 Å². The lowest BCUT2D eigenvalue weighted by Crippen LogP contribution is -2.32. The summed E-state index contributed by atoms with van der Waals surface area (Å²) in [6.45, 7) is 2.21. The lowest BCUT2D eigenvalue weighted by atomic mass is 10.2. The van der Waals surface area contributed by atoms with Gasteiger partial charge in [-0.3, -0.25) is 9.59 Å². The van der Waals surface area contributed by atoms with Gasteiger partial charge in [0.2, 0.25) is 0 Å². The highest BCUT2D eigenvalue weighted by atomic mass is 35.5. The molecule has 0 aliphatic carbocycles. The molecule has 2 aromatic carbocycles. The van der Waals surface area contributed by atoms with Crippen LogP contribution >= 0.6 is 11.6 Å². The number of anilines is 1. The molecule has 0 radical (unpaired) electrons. The predicted molar refractivity (Wildman–Crippen MR) is 93.4 cm³/mol. The molecule has 2 rings (SSSR count). The zero-order chi connectivity index (χ0) is 18.2. The van der Waals surface area contributed by atoms with Crippen molar-refractivity contribution in [1.29, 1.82) is 0 Å². The third kappa shape index (κ3) is 5.02. The number of hydrazone groups is 1. The number of halogens is 2. The van der Waals surface area contributed by atoms with E-state index >= 15 is 0 Å². The molecule has 0 saturated carbocycles. The van der Waals surface area contributed by atoms with Gasteiger partial charge < -0.3 is 10.1 Å². The quantitative estimate of drug-likeness (QED) is 0.487. The molecule has 0 saturated heterocycles. The number of hydrogen-bond acceptors (Lipinski definition) is 4. The molecule has 0 heterocycles. The van der Waals surface area contributed by atoms with Gasteiger partial charge in [0.25, 0.3) is 0 Å². The Morgan fingerprint density at radius 1 is 1.20 bits per heavy atom. The standard InChI is InChI=1S/C17H15ClFN3O3/c1-2-25-15-9-4-3-8-14(15)21-16(23)17(24)22-20-10-11-12(18)6-5-7-13(11)19/h3-10H,2H2,1H3,(H,21,23)(H,22,24)/b20-10+. The van der Waals surface area contributed by atoms with Crippen LogP contribution in [0.4, 0.5) is 10.1 Å². The van der Waals surface area contributed by atoms with Gasteiger partial charge in [-0.2, -0.15) is 5.10 Å². The van der Waals surface area contributed by atoms with Gasteiger partial charge in [-0.05, 0) is 31.2 Å². The molecule has 0 aromatic heterocycles. The van der Waals surface area contributed by atoms with Gasteiger partial charge in [0.1, 0.15) is 11.6 Å². The number of carbonyl (C=O) groups excluding carboxylic acids is 2. The molecule has 0 aliphatic rings. The average molecular weight is 364 g/mol. The van der Waals surface area contributed by atoms with Crippen molar-refractivity contribution in [3.8, 4) is 5.75 Å². The van der Waals surface area contributed by atoms with Crippen LogP contribution in [0.1, 0.15) is 12.5 Å². The normalized spacial score (nSPS) is 10.5. The molecule has 2 N–H and O–H groups in total. The number of amides is 2. The molecule has 6 nitrogen and oxygen atoms in total. The lowest BCUT2D eigenvalue weighted by Gasteiger charge is -2.10. The molecule has 25 heavy (non-hydrogen) atoms. The van der Waals surface area contributed by atoms with Gasteiger partial charge in [-0.1, -0.05) is 29.8 Å². The molecule has 2 aromatic rings. The predicted octanol–water partition coefficient (Wildman–Crippen LogP) is 2.97.